The van der Waals surface area contributed by atoms with Gasteiger partial charge in [-0.2, -0.15) is 0 Å². The largest absolute Gasteiger partial charge is 0.481 e. The third-order valence-electron chi connectivity index (χ3n) is 3.41. The van der Waals surface area contributed by atoms with Crippen LogP contribution in [0.1, 0.15) is 32.6 Å². The summed E-state index contributed by atoms with van der Waals surface area (Å²) in [7, 11) is 0. The molecule has 1 saturated carbocycles. The molecular weight excluding hydrogens is 274 g/mol. The predicted octanol–water partition coefficient (Wildman–Crippen LogP) is 2.10. The van der Waals surface area contributed by atoms with E-state index in [1.165, 1.54) is 0 Å². The number of aliphatic carboxylic acids is 1. The average molecular weight is 288 g/mol. The van der Waals surface area contributed by atoms with Gasteiger partial charge in [0.1, 0.15) is 5.92 Å². The van der Waals surface area contributed by atoms with E-state index < -0.39 is 11.9 Å². The SMILES string of the molecule is CC1=C(Br)CC(C(=O)O)C(=O)N1C1CCC1. The molecule has 1 N–H and O–H groups in total. The van der Waals surface area contributed by atoms with Crippen LogP contribution in [0.3, 0.4) is 0 Å². The molecule has 16 heavy (non-hydrogen) atoms. The van der Waals surface area contributed by atoms with Crippen LogP contribution in [0.25, 0.3) is 0 Å². The van der Waals surface area contributed by atoms with Crippen LogP contribution in [0.15, 0.2) is 10.2 Å². The van der Waals surface area contributed by atoms with Gasteiger partial charge in [0.2, 0.25) is 5.91 Å². The molecular formula is C11H14BrNO3. The Balaban J connectivity index is 2.29. The zero-order chi connectivity index (χ0) is 11.9. The molecule has 1 heterocycles. The van der Waals surface area contributed by atoms with E-state index in [2.05, 4.69) is 15.9 Å². The van der Waals surface area contributed by atoms with Gasteiger partial charge in [0, 0.05) is 22.6 Å². The van der Waals surface area contributed by atoms with Crippen LogP contribution in [0.5, 0.6) is 0 Å². The molecule has 0 radical (unpaired) electrons. The molecule has 1 amide bonds. The van der Waals surface area contributed by atoms with E-state index in [0.717, 1.165) is 29.4 Å². The highest BCUT2D eigenvalue weighted by Gasteiger charge is 2.41. The predicted molar refractivity (Wildman–Crippen MR) is 61.9 cm³/mol. The smallest absolute Gasteiger partial charge is 0.316 e. The number of carbonyl (C=O) groups excluding carboxylic acids is 1. The van der Waals surface area contributed by atoms with Gasteiger partial charge in [-0.15, -0.1) is 0 Å². The minimum atomic E-state index is -1.03. The van der Waals surface area contributed by atoms with E-state index in [1.807, 2.05) is 6.92 Å². The number of hydrogen-bond donors (Lipinski definition) is 1. The van der Waals surface area contributed by atoms with Crippen LogP contribution < -0.4 is 0 Å². The van der Waals surface area contributed by atoms with Crippen molar-refractivity contribution < 1.29 is 14.7 Å². The summed E-state index contributed by atoms with van der Waals surface area (Å²) in [4.78, 5) is 24.7. The van der Waals surface area contributed by atoms with Crippen LogP contribution in [-0.2, 0) is 9.59 Å². The van der Waals surface area contributed by atoms with Gasteiger partial charge in [-0.3, -0.25) is 9.59 Å². The van der Waals surface area contributed by atoms with Crippen molar-refractivity contribution in [3.05, 3.63) is 10.2 Å². The van der Waals surface area contributed by atoms with Gasteiger partial charge in [0.25, 0.3) is 0 Å². The van der Waals surface area contributed by atoms with Crippen molar-refractivity contribution in [3.63, 3.8) is 0 Å². The van der Waals surface area contributed by atoms with Gasteiger partial charge >= 0.3 is 5.97 Å². The summed E-state index contributed by atoms with van der Waals surface area (Å²) in [6.45, 7) is 1.87. The molecule has 1 aliphatic carbocycles. The van der Waals surface area contributed by atoms with Crippen LogP contribution in [0, 0.1) is 5.92 Å². The molecule has 1 aliphatic heterocycles. The highest BCUT2D eigenvalue weighted by molar-refractivity contribution is 9.11. The number of allylic oxidation sites excluding steroid dienone is 2. The molecule has 2 aliphatic rings. The Kier molecular flexibility index (Phi) is 3.06. The fourth-order valence-corrected chi connectivity index (χ4v) is 2.68. The first kappa shape index (κ1) is 11.6. The lowest BCUT2D eigenvalue weighted by atomic mass is 9.87. The Morgan fingerprint density at radius 3 is 2.56 bits per heavy atom. The molecule has 1 fully saturated rings. The number of carbonyl (C=O) groups is 2. The molecule has 0 spiro atoms. The molecule has 0 bridgehead atoms. The summed E-state index contributed by atoms with van der Waals surface area (Å²) in [5.74, 6) is -2.20. The number of halogens is 1. The van der Waals surface area contributed by atoms with E-state index in [4.69, 9.17) is 5.11 Å². The standard InChI is InChI=1S/C11H14BrNO3/c1-6-9(12)5-8(11(15)16)10(14)13(6)7-3-2-4-7/h7-8H,2-5H2,1H3,(H,15,16). The zero-order valence-electron chi connectivity index (χ0n) is 9.07. The average Bonchev–Trinajstić information content (AvgIpc) is 2.14. The summed E-state index contributed by atoms with van der Waals surface area (Å²) in [5, 5.41) is 9.01. The number of amides is 1. The van der Waals surface area contributed by atoms with E-state index >= 15 is 0 Å². The highest BCUT2D eigenvalue weighted by atomic mass is 79.9. The number of rotatable bonds is 2. The number of hydrogen-bond acceptors (Lipinski definition) is 2. The van der Waals surface area contributed by atoms with Gasteiger partial charge in [0.05, 0.1) is 0 Å². The second-order valence-electron chi connectivity index (χ2n) is 4.38. The molecule has 88 valence electrons. The number of carboxylic acid groups (broad SMARTS) is 1. The van der Waals surface area contributed by atoms with Crippen LogP contribution >= 0.6 is 15.9 Å². The Morgan fingerprint density at radius 2 is 2.12 bits per heavy atom. The van der Waals surface area contributed by atoms with Crippen LogP contribution in [0.4, 0.5) is 0 Å². The third kappa shape index (κ3) is 1.77. The minimum Gasteiger partial charge on any atom is -0.481 e. The molecule has 0 aromatic carbocycles. The van der Waals surface area contributed by atoms with E-state index in [-0.39, 0.29) is 18.4 Å². The Morgan fingerprint density at radius 1 is 1.50 bits per heavy atom. The maximum absolute atomic E-state index is 12.0. The summed E-state index contributed by atoms with van der Waals surface area (Å²) in [5.41, 5.74) is 0.882. The molecule has 0 aromatic heterocycles. The van der Waals surface area contributed by atoms with Gasteiger partial charge in [-0.25, -0.2) is 0 Å². The molecule has 0 aromatic rings. The lowest BCUT2D eigenvalue weighted by Gasteiger charge is -2.42. The van der Waals surface area contributed by atoms with Crippen molar-refractivity contribution in [3.8, 4) is 0 Å². The van der Waals surface area contributed by atoms with Crippen LogP contribution in [-0.4, -0.2) is 27.9 Å². The first-order chi connectivity index (χ1) is 7.52. The van der Waals surface area contributed by atoms with Crippen molar-refractivity contribution in [2.75, 3.05) is 0 Å². The Bertz CT molecular complexity index is 373. The topological polar surface area (TPSA) is 57.6 Å². The van der Waals surface area contributed by atoms with Gasteiger partial charge < -0.3 is 10.0 Å². The molecule has 5 heteroatoms. The first-order valence-electron chi connectivity index (χ1n) is 5.43. The maximum atomic E-state index is 12.0. The third-order valence-corrected chi connectivity index (χ3v) is 4.31. The van der Waals surface area contributed by atoms with Gasteiger partial charge in [-0.1, -0.05) is 15.9 Å². The van der Waals surface area contributed by atoms with Crippen molar-refractivity contribution in [1.29, 1.82) is 0 Å². The van der Waals surface area contributed by atoms with Gasteiger partial charge in [-0.05, 0) is 26.2 Å². The number of carboxylic acids is 1. The van der Waals surface area contributed by atoms with E-state index in [1.54, 1.807) is 4.90 Å². The Labute approximate surface area is 102 Å². The van der Waals surface area contributed by atoms with Crippen LogP contribution in [0.2, 0.25) is 0 Å². The minimum absolute atomic E-state index is 0.210. The summed E-state index contributed by atoms with van der Waals surface area (Å²) in [6, 6.07) is 0.210. The fourth-order valence-electron chi connectivity index (χ4n) is 2.17. The van der Waals surface area contributed by atoms with Crippen molar-refractivity contribution in [1.82, 2.24) is 4.90 Å². The maximum Gasteiger partial charge on any atom is 0.316 e. The van der Waals surface area contributed by atoms with E-state index in [0.29, 0.717) is 0 Å². The van der Waals surface area contributed by atoms with Crippen molar-refractivity contribution in [2.45, 2.75) is 38.6 Å². The summed E-state index contributed by atoms with van der Waals surface area (Å²) in [6.07, 6.45) is 3.37. The zero-order valence-corrected chi connectivity index (χ0v) is 10.7. The molecule has 0 saturated heterocycles. The second kappa shape index (κ2) is 4.20. The fraction of sp³-hybridized carbons (Fsp3) is 0.636. The summed E-state index contributed by atoms with van der Waals surface area (Å²) < 4.78 is 0.839. The quantitative estimate of drug-likeness (QED) is 0.792. The molecule has 2 rings (SSSR count). The molecule has 1 unspecified atom stereocenters. The Hall–Kier alpha value is -0.840. The van der Waals surface area contributed by atoms with Crippen molar-refractivity contribution in [2.24, 2.45) is 5.92 Å². The first-order valence-corrected chi connectivity index (χ1v) is 6.22. The number of nitrogens with zero attached hydrogens (tertiary/aromatic N) is 1. The summed E-state index contributed by atoms with van der Waals surface area (Å²) >= 11 is 3.37. The monoisotopic (exact) mass is 287 g/mol. The normalized spacial score (nSPS) is 27.0. The lowest BCUT2D eigenvalue weighted by Crippen LogP contribution is -2.49. The second-order valence-corrected chi connectivity index (χ2v) is 5.34. The lowest BCUT2D eigenvalue weighted by molar-refractivity contribution is -0.152. The van der Waals surface area contributed by atoms with E-state index in [9.17, 15) is 9.59 Å². The van der Waals surface area contributed by atoms with Gasteiger partial charge in [0.15, 0.2) is 0 Å². The molecule has 4 nitrogen and oxygen atoms in total. The molecule has 1 atom stereocenters. The highest BCUT2D eigenvalue weighted by Crippen LogP contribution is 2.37. The van der Waals surface area contributed by atoms with Crippen molar-refractivity contribution >= 4 is 27.8 Å².